The Morgan fingerprint density at radius 2 is 1.80 bits per heavy atom. The molecule has 3 N–H and O–H groups in total. The largest absolute Gasteiger partial charge is 0.444 e. The molecular weight excluding hydrogens is 336 g/mol. The lowest BCUT2D eigenvalue weighted by Crippen LogP contribution is -2.50. The molecule has 1 aromatic rings. The van der Waals surface area contributed by atoms with E-state index in [2.05, 4.69) is 22.3 Å². The quantitative estimate of drug-likeness (QED) is 0.800. The van der Waals surface area contributed by atoms with Crippen LogP contribution in [-0.4, -0.2) is 59.3 Å². The van der Waals surface area contributed by atoms with E-state index < -0.39 is 5.60 Å². The summed E-state index contributed by atoms with van der Waals surface area (Å²) in [5, 5.41) is 3.19. The van der Waals surface area contributed by atoms with Crippen molar-refractivity contribution < 1.29 is 9.53 Å². The smallest absolute Gasteiger partial charge is 0.410 e. The zero-order valence-electron chi connectivity index (χ0n) is 15.2. The van der Waals surface area contributed by atoms with E-state index in [1.54, 1.807) is 4.90 Å². The summed E-state index contributed by atoms with van der Waals surface area (Å²) in [6, 6.07) is 8.12. The molecule has 0 bridgehead atoms. The molecular formula is C18H28N4O2S. The number of rotatable bonds is 4. The highest BCUT2D eigenvalue weighted by atomic mass is 32.1. The second kappa shape index (κ2) is 8.49. The lowest BCUT2D eigenvalue weighted by atomic mass is 10.1. The van der Waals surface area contributed by atoms with Crippen molar-refractivity contribution in [3.05, 3.63) is 29.8 Å². The van der Waals surface area contributed by atoms with Crippen LogP contribution >= 0.6 is 12.2 Å². The van der Waals surface area contributed by atoms with Gasteiger partial charge in [0.1, 0.15) is 5.60 Å². The molecule has 1 fully saturated rings. The number of thiocarbonyl (C=S) groups is 1. The Bertz CT molecular complexity index is 590. The Morgan fingerprint density at radius 1 is 1.20 bits per heavy atom. The van der Waals surface area contributed by atoms with E-state index in [1.165, 1.54) is 5.56 Å². The molecule has 0 radical (unpaired) electrons. The second-order valence-electron chi connectivity index (χ2n) is 7.25. The number of piperazine rings is 1. The third-order valence-corrected chi connectivity index (χ3v) is 4.06. The van der Waals surface area contributed by atoms with Crippen LogP contribution in [0.15, 0.2) is 24.3 Å². The molecule has 1 aliphatic rings. The maximum absolute atomic E-state index is 12.1. The van der Waals surface area contributed by atoms with Gasteiger partial charge < -0.3 is 20.7 Å². The summed E-state index contributed by atoms with van der Waals surface area (Å²) >= 11 is 4.83. The number of carbonyl (C=O) groups is 1. The molecule has 2 rings (SSSR count). The van der Waals surface area contributed by atoms with Crippen molar-refractivity contribution in [1.29, 1.82) is 0 Å². The molecule has 138 valence electrons. The van der Waals surface area contributed by atoms with E-state index >= 15 is 0 Å². The number of ether oxygens (including phenoxy) is 1. The molecule has 0 aromatic heterocycles. The van der Waals surface area contributed by atoms with Crippen LogP contribution in [0.1, 0.15) is 26.3 Å². The van der Waals surface area contributed by atoms with Crippen molar-refractivity contribution in [2.75, 3.05) is 38.0 Å². The predicted octanol–water partition coefficient (Wildman–Crippen LogP) is 2.44. The van der Waals surface area contributed by atoms with Crippen molar-refractivity contribution in [1.82, 2.24) is 9.80 Å². The molecule has 6 nitrogen and oxygen atoms in total. The summed E-state index contributed by atoms with van der Waals surface area (Å²) in [7, 11) is 0. The first kappa shape index (κ1) is 19.5. The minimum absolute atomic E-state index is 0.215. The fourth-order valence-corrected chi connectivity index (χ4v) is 2.78. The molecule has 1 heterocycles. The van der Waals surface area contributed by atoms with Gasteiger partial charge in [-0.25, -0.2) is 4.79 Å². The van der Waals surface area contributed by atoms with Gasteiger partial charge in [0.05, 0.1) is 0 Å². The molecule has 7 heteroatoms. The van der Waals surface area contributed by atoms with Gasteiger partial charge in [-0.15, -0.1) is 0 Å². The highest BCUT2D eigenvalue weighted by molar-refractivity contribution is 7.80. The highest BCUT2D eigenvalue weighted by Crippen LogP contribution is 2.13. The van der Waals surface area contributed by atoms with Gasteiger partial charge in [0.15, 0.2) is 5.11 Å². The van der Waals surface area contributed by atoms with Gasteiger partial charge in [-0.1, -0.05) is 12.1 Å². The Labute approximate surface area is 155 Å². The van der Waals surface area contributed by atoms with Crippen molar-refractivity contribution in [2.24, 2.45) is 5.73 Å². The van der Waals surface area contributed by atoms with Gasteiger partial charge in [-0.3, -0.25) is 4.90 Å². The zero-order chi connectivity index (χ0) is 18.4. The van der Waals surface area contributed by atoms with Gasteiger partial charge in [0.25, 0.3) is 0 Å². The molecule has 0 unspecified atom stereocenters. The van der Waals surface area contributed by atoms with Gasteiger partial charge in [-0.05, 0) is 57.1 Å². The van der Waals surface area contributed by atoms with Crippen LogP contribution in [0, 0.1) is 0 Å². The average molecular weight is 365 g/mol. The molecule has 1 amide bonds. The van der Waals surface area contributed by atoms with Crippen LogP contribution in [-0.2, 0) is 11.2 Å². The number of nitrogens with zero attached hydrogens (tertiary/aromatic N) is 2. The first-order valence-corrected chi connectivity index (χ1v) is 8.99. The minimum atomic E-state index is -0.442. The maximum atomic E-state index is 12.1. The number of hydrogen-bond donors (Lipinski definition) is 2. The summed E-state index contributed by atoms with van der Waals surface area (Å²) in [6.45, 7) is 9.83. The third kappa shape index (κ3) is 6.88. The van der Waals surface area contributed by atoms with Crippen LogP contribution in [0.3, 0.4) is 0 Å². The normalized spacial score (nSPS) is 15.7. The number of nitrogens with one attached hydrogen (secondary N) is 1. The summed E-state index contributed by atoms with van der Waals surface area (Å²) in [5.41, 5.74) is 7.19. The number of carbonyl (C=O) groups excluding carboxylic acids is 1. The van der Waals surface area contributed by atoms with Crippen molar-refractivity contribution in [3.63, 3.8) is 0 Å². The highest BCUT2D eigenvalue weighted by Gasteiger charge is 2.25. The number of amides is 1. The van der Waals surface area contributed by atoms with Crippen LogP contribution in [0.25, 0.3) is 0 Å². The van der Waals surface area contributed by atoms with Gasteiger partial charge in [-0.2, -0.15) is 0 Å². The standard InChI is InChI=1S/C18H28N4O2S/c1-18(2,3)24-17(23)22-12-10-21(11-13-22)9-8-14-4-6-15(7-5-14)20-16(19)25/h4-7H,8-13H2,1-3H3,(H3,19,20,25). The van der Waals surface area contributed by atoms with E-state index in [4.69, 9.17) is 22.7 Å². The Hall–Kier alpha value is -1.86. The van der Waals surface area contributed by atoms with Gasteiger partial charge >= 0.3 is 6.09 Å². The Kier molecular flexibility index (Phi) is 6.61. The zero-order valence-corrected chi connectivity index (χ0v) is 16.1. The number of nitrogens with two attached hydrogens (primary N) is 1. The second-order valence-corrected chi connectivity index (χ2v) is 7.69. The SMILES string of the molecule is CC(C)(C)OC(=O)N1CCN(CCc2ccc(NC(N)=S)cc2)CC1. The topological polar surface area (TPSA) is 70.8 Å². The summed E-state index contributed by atoms with van der Waals surface area (Å²) in [6.07, 6.45) is 0.757. The van der Waals surface area contributed by atoms with Crippen molar-refractivity contribution in [2.45, 2.75) is 32.8 Å². The molecule has 1 aromatic carbocycles. The number of benzene rings is 1. The van der Waals surface area contributed by atoms with Crippen molar-refractivity contribution in [3.8, 4) is 0 Å². The van der Waals surface area contributed by atoms with E-state index in [0.29, 0.717) is 13.1 Å². The Balaban J connectivity index is 1.73. The summed E-state index contributed by atoms with van der Waals surface area (Å²) in [4.78, 5) is 16.2. The lowest BCUT2D eigenvalue weighted by molar-refractivity contribution is 0.0146. The molecule has 0 saturated carbocycles. The monoisotopic (exact) mass is 364 g/mol. The third-order valence-electron chi connectivity index (χ3n) is 3.96. The van der Waals surface area contributed by atoms with E-state index in [-0.39, 0.29) is 11.2 Å². The summed E-state index contributed by atoms with van der Waals surface area (Å²) < 4.78 is 5.42. The molecule has 0 aliphatic carbocycles. The lowest BCUT2D eigenvalue weighted by Gasteiger charge is -2.35. The Morgan fingerprint density at radius 3 is 2.32 bits per heavy atom. The molecule has 0 spiro atoms. The molecule has 25 heavy (non-hydrogen) atoms. The fourth-order valence-electron chi connectivity index (χ4n) is 2.66. The fraction of sp³-hybridized carbons (Fsp3) is 0.556. The van der Waals surface area contributed by atoms with Crippen LogP contribution < -0.4 is 11.1 Å². The van der Waals surface area contributed by atoms with Crippen LogP contribution in [0.5, 0.6) is 0 Å². The maximum Gasteiger partial charge on any atom is 0.410 e. The first-order valence-electron chi connectivity index (χ1n) is 8.58. The summed E-state index contributed by atoms with van der Waals surface area (Å²) in [5.74, 6) is 0. The first-order chi connectivity index (χ1) is 11.7. The van der Waals surface area contributed by atoms with E-state index in [0.717, 1.165) is 31.7 Å². The van der Waals surface area contributed by atoms with Gasteiger partial charge in [0.2, 0.25) is 0 Å². The van der Waals surface area contributed by atoms with Crippen LogP contribution in [0.4, 0.5) is 10.5 Å². The number of anilines is 1. The van der Waals surface area contributed by atoms with E-state index in [9.17, 15) is 4.79 Å². The minimum Gasteiger partial charge on any atom is -0.444 e. The predicted molar refractivity (Wildman–Crippen MR) is 105 cm³/mol. The average Bonchev–Trinajstić information content (AvgIpc) is 2.52. The van der Waals surface area contributed by atoms with Gasteiger partial charge in [0, 0.05) is 38.4 Å². The van der Waals surface area contributed by atoms with Crippen LogP contribution in [0.2, 0.25) is 0 Å². The molecule has 1 saturated heterocycles. The van der Waals surface area contributed by atoms with E-state index in [1.807, 2.05) is 32.9 Å². The molecule has 0 atom stereocenters. The number of hydrogen-bond acceptors (Lipinski definition) is 4. The molecule has 1 aliphatic heterocycles. The van der Waals surface area contributed by atoms with Crippen molar-refractivity contribution >= 4 is 29.1 Å².